The van der Waals surface area contributed by atoms with E-state index in [2.05, 4.69) is 29.0 Å². The molecule has 5 nitrogen and oxygen atoms in total. The van der Waals surface area contributed by atoms with Gasteiger partial charge in [-0.3, -0.25) is 9.69 Å². The normalized spacial score (nSPS) is 10.8. The molecule has 0 aliphatic rings. The van der Waals surface area contributed by atoms with Crippen molar-refractivity contribution in [1.29, 1.82) is 0 Å². The van der Waals surface area contributed by atoms with Gasteiger partial charge in [0.05, 0.1) is 6.54 Å². The molecule has 0 radical (unpaired) electrons. The summed E-state index contributed by atoms with van der Waals surface area (Å²) in [6, 6.07) is 4.03. The Morgan fingerprint density at radius 1 is 1.35 bits per heavy atom. The molecule has 1 amide bonds. The Kier molecular flexibility index (Phi) is 7.65. The zero-order chi connectivity index (χ0) is 14.8. The van der Waals surface area contributed by atoms with Gasteiger partial charge in [-0.2, -0.15) is 0 Å². The van der Waals surface area contributed by atoms with Crippen molar-refractivity contribution in [2.75, 3.05) is 25.0 Å². The quantitative estimate of drug-likeness (QED) is 0.686. The van der Waals surface area contributed by atoms with Crippen LogP contribution in [0, 0.1) is 0 Å². The van der Waals surface area contributed by atoms with E-state index in [1.54, 1.807) is 0 Å². The number of amides is 1. The number of anilines is 1. The molecular formula is C15H26N4O. The molecule has 0 unspecified atom stereocenters. The largest absolute Gasteiger partial charge is 0.370 e. The topological polar surface area (TPSA) is 71.2 Å². The average molecular weight is 278 g/mol. The van der Waals surface area contributed by atoms with Gasteiger partial charge >= 0.3 is 0 Å². The molecule has 5 heteroatoms. The first-order chi connectivity index (χ1) is 9.65. The Morgan fingerprint density at radius 3 is 2.70 bits per heavy atom. The molecule has 0 atom stereocenters. The molecular weight excluding hydrogens is 252 g/mol. The van der Waals surface area contributed by atoms with Crippen LogP contribution in [-0.2, 0) is 11.3 Å². The molecule has 0 spiro atoms. The average Bonchev–Trinajstić information content (AvgIpc) is 2.43. The van der Waals surface area contributed by atoms with Crippen molar-refractivity contribution in [1.82, 2.24) is 9.88 Å². The Balaban J connectivity index is 2.55. The SMILES string of the molecule is CCCCN(CC(N)=O)Cc1ccc(NCCC)nc1. The van der Waals surface area contributed by atoms with Crippen LogP contribution in [0.25, 0.3) is 0 Å². The molecule has 112 valence electrons. The number of nitrogens with two attached hydrogens (primary N) is 1. The van der Waals surface area contributed by atoms with Gasteiger partial charge in [0.15, 0.2) is 0 Å². The number of pyridine rings is 1. The molecule has 0 fully saturated rings. The van der Waals surface area contributed by atoms with Crippen molar-refractivity contribution in [3.63, 3.8) is 0 Å². The highest BCUT2D eigenvalue weighted by molar-refractivity contribution is 5.75. The second-order valence-corrected chi connectivity index (χ2v) is 5.01. The maximum atomic E-state index is 11.1. The number of nitrogens with zero attached hydrogens (tertiary/aromatic N) is 2. The van der Waals surface area contributed by atoms with Crippen LogP contribution < -0.4 is 11.1 Å². The highest BCUT2D eigenvalue weighted by Gasteiger charge is 2.09. The molecule has 1 aromatic heterocycles. The van der Waals surface area contributed by atoms with Gasteiger partial charge in [-0.05, 0) is 31.0 Å². The van der Waals surface area contributed by atoms with Gasteiger partial charge in [0.1, 0.15) is 5.82 Å². The van der Waals surface area contributed by atoms with E-state index in [0.29, 0.717) is 13.1 Å². The summed E-state index contributed by atoms with van der Waals surface area (Å²) >= 11 is 0. The first-order valence-electron chi connectivity index (χ1n) is 7.35. The lowest BCUT2D eigenvalue weighted by atomic mass is 10.2. The van der Waals surface area contributed by atoms with Gasteiger partial charge in [0, 0.05) is 19.3 Å². The summed E-state index contributed by atoms with van der Waals surface area (Å²) in [5, 5.41) is 3.24. The highest BCUT2D eigenvalue weighted by Crippen LogP contribution is 2.08. The van der Waals surface area contributed by atoms with Crippen molar-refractivity contribution in [3.05, 3.63) is 23.9 Å². The lowest BCUT2D eigenvalue weighted by Gasteiger charge is -2.20. The van der Waals surface area contributed by atoms with Crippen LogP contribution in [0.5, 0.6) is 0 Å². The van der Waals surface area contributed by atoms with Crippen molar-refractivity contribution in [2.24, 2.45) is 5.73 Å². The van der Waals surface area contributed by atoms with Crippen LogP contribution in [0.1, 0.15) is 38.7 Å². The van der Waals surface area contributed by atoms with Crippen LogP contribution in [-0.4, -0.2) is 35.4 Å². The summed E-state index contributed by atoms with van der Waals surface area (Å²) < 4.78 is 0. The number of aromatic nitrogens is 1. The molecule has 0 aliphatic carbocycles. The van der Waals surface area contributed by atoms with Crippen LogP contribution in [0.3, 0.4) is 0 Å². The van der Waals surface area contributed by atoms with E-state index in [4.69, 9.17) is 5.73 Å². The fourth-order valence-electron chi connectivity index (χ4n) is 1.95. The third kappa shape index (κ3) is 6.52. The minimum atomic E-state index is -0.282. The number of carbonyl (C=O) groups is 1. The standard InChI is InChI=1S/C15H26N4O/c1-3-5-9-19(12-14(16)20)11-13-6-7-15(18-10-13)17-8-4-2/h6-7,10H,3-5,8-9,11-12H2,1-2H3,(H2,16,20)(H,17,18). The molecule has 0 saturated heterocycles. The van der Waals surface area contributed by atoms with E-state index < -0.39 is 0 Å². The molecule has 20 heavy (non-hydrogen) atoms. The van der Waals surface area contributed by atoms with Crippen LogP contribution >= 0.6 is 0 Å². The number of rotatable bonds is 10. The van der Waals surface area contributed by atoms with E-state index >= 15 is 0 Å². The predicted octanol–water partition coefficient (Wildman–Crippen LogP) is 1.99. The van der Waals surface area contributed by atoms with Gasteiger partial charge in [-0.15, -0.1) is 0 Å². The van der Waals surface area contributed by atoms with E-state index in [1.165, 1.54) is 0 Å². The minimum absolute atomic E-state index is 0.282. The second kappa shape index (κ2) is 9.31. The maximum absolute atomic E-state index is 11.1. The van der Waals surface area contributed by atoms with Crippen molar-refractivity contribution in [3.8, 4) is 0 Å². The van der Waals surface area contributed by atoms with Crippen molar-refractivity contribution >= 4 is 11.7 Å². The van der Waals surface area contributed by atoms with Gasteiger partial charge in [-0.25, -0.2) is 4.98 Å². The van der Waals surface area contributed by atoms with Gasteiger partial charge in [0.25, 0.3) is 0 Å². The Bertz CT molecular complexity index is 391. The molecule has 0 saturated carbocycles. The number of unbranched alkanes of at least 4 members (excludes halogenated alkanes) is 1. The molecule has 0 aliphatic heterocycles. The zero-order valence-corrected chi connectivity index (χ0v) is 12.6. The summed E-state index contributed by atoms with van der Waals surface area (Å²) in [5.74, 6) is 0.612. The summed E-state index contributed by atoms with van der Waals surface area (Å²) in [6.07, 6.45) is 5.11. The van der Waals surface area contributed by atoms with Crippen LogP contribution in [0.15, 0.2) is 18.3 Å². The van der Waals surface area contributed by atoms with Crippen molar-refractivity contribution < 1.29 is 4.79 Å². The summed E-state index contributed by atoms with van der Waals surface area (Å²) in [6.45, 7) is 7.08. The van der Waals surface area contributed by atoms with Crippen LogP contribution in [0.4, 0.5) is 5.82 Å². The van der Waals surface area contributed by atoms with E-state index in [9.17, 15) is 4.79 Å². The monoisotopic (exact) mass is 278 g/mol. The van der Waals surface area contributed by atoms with Gasteiger partial charge in [-0.1, -0.05) is 26.3 Å². The first kappa shape index (κ1) is 16.4. The second-order valence-electron chi connectivity index (χ2n) is 5.01. The Hall–Kier alpha value is -1.62. The third-order valence-electron chi connectivity index (χ3n) is 2.99. The number of primary amides is 1. The van der Waals surface area contributed by atoms with E-state index in [0.717, 1.165) is 43.7 Å². The van der Waals surface area contributed by atoms with Crippen LogP contribution in [0.2, 0.25) is 0 Å². The summed E-state index contributed by atoms with van der Waals surface area (Å²) in [7, 11) is 0. The highest BCUT2D eigenvalue weighted by atomic mass is 16.1. The first-order valence-corrected chi connectivity index (χ1v) is 7.35. The van der Waals surface area contributed by atoms with Gasteiger partial charge < -0.3 is 11.1 Å². The lowest BCUT2D eigenvalue weighted by molar-refractivity contribution is -0.119. The minimum Gasteiger partial charge on any atom is -0.370 e. The Labute approximate surface area is 121 Å². The van der Waals surface area contributed by atoms with Gasteiger partial charge in [0.2, 0.25) is 5.91 Å². The number of nitrogens with one attached hydrogen (secondary N) is 1. The third-order valence-corrected chi connectivity index (χ3v) is 2.99. The fourth-order valence-corrected chi connectivity index (χ4v) is 1.95. The lowest BCUT2D eigenvalue weighted by Crippen LogP contribution is -2.34. The predicted molar refractivity (Wildman–Crippen MR) is 82.4 cm³/mol. The molecule has 3 N–H and O–H groups in total. The smallest absolute Gasteiger partial charge is 0.231 e. The van der Waals surface area contributed by atoms with E-state index in [1.807, 2.05) is 18.3 Å². The van der Waals surface area contributed by atoms with E-state index in [-0.39, 0.29) is 5.91 Å². The Morgan fingerprint density at radius 2 is 2.15 bits per heavy atom. The number of carbonyl (C=O) groups excluding carboxylic acids is 1. The molecule has 0 bridgehead atoms. The fraction of sp³-hybridized carbons (Fsp3) is 0.600. The van der Waals surface area contributed by atoms with Crippen molar-refractivity contribution in [2.45, 2.75) is 39.7 Å². The summed E-state index contributed by atoms with van der Waals surface area (Å²) in [5.41, 5.74) is 6.39. The number of hydrogen-bond acceptors (Lipinski definition) is 4. The molecule has 0 aromatic carbocycles. The zero-order valence-electron chi connectivity index (χ0n) is 12.6. The molecule has 1 heterocycles. The molecule has 1 rings (SSSR count). The molecule has 1 aromatic rings. The maximum Gasteiger partial charge on any atom is 0.231 e. The number of hydrogen-bond donors (Lipinski definition) is 2. The summed E-state index contributed by atoms with van der Waals surface area (Å²) in [4.78, 5) is 17.5.